The van der Waals surface area contributed by atoms with E-state index in [1.165, 1.54) is 32.1 Å². The van der Waals surface area contributed by atoms with Crippen molar-refractivity contribution in [3.8, 4) is 0 Å². The number of nitrogens with one attached hydrogen (secondary N) is 1. The molecule has 4 atom stereocenters. The number of hydrogen-bond donors (Lipinski definition) is 2. The summed E-state index contributed by atoms with van der Waals surface area (Å²) < 4.78 is 1.85. The van der Waals surface area contributed by atoms with Crippen molar-refractivity contribution in [1.82, 2.24) is 14.8 Å². The maximum atomic E-state index is 13.3. The van der Waals surface area contributed by atoms with Gasteiger partial charge in [-0.05, 0) is 44.1 Å². The number of fused-ring (bicyclic) bond motifs is 4. The van der Waals surface area contributed by atoms with E-state index in [9.17, 15) is 14.7 Å². The van der Waals surface area contributed by atoms with Crippen molar-refractivity contribution in [3.63, 3.8) is 0 Å². The van der Waals surface area contributed by atoms with E-state index >= 15 is 0 Å². The molecule has 2 aliphatic heterocycles. The van der Waals surface area contributed by atoms with E-state index in [4.69, 9.17) is 0 Å². The maximum Gasteiger partial charge on any atom is 0.250 e. The van der Waals surface area contributed by atoms with Gasteiger partial charge in [0, 0.05) is 49.5 Å². The standard InChI is InChI=1S/C22H31N3O3/c26-13-16-18-12-24-17(9-4-10-19(24)27)21(25(18)11-14-5-1-2-6-14)20(16)22(28)23-15-7-3-8-15/h4,9-10,14-16,18,20-21,26H,1-3,5-8,11-13H2,(H,23,28)/t16-,18-,20+,21+/m0/s1. The Balaban J connectivity index is 1.52. The molecule has 1 saturated heterocycles. The summed E-state index contributed by atoms with van der Waals surface area (Å²) in [5.41, 5.74) is 0.955. The fourth-order valence-electron chi connectivity index (χ4n) is 6.07. The molecule has 28 heavy (non-hydrogen) atoms. The highest BCUT2D eigenvalue weighted by Crippen LogP contribution is 2.49. The lowest BCUT2D eigenvalue weighted by Crippen LogP contribution is -2.48. The minimum absolute atomic E-state index is 0.00440. The molecule has 0 unspecified atom stereocenters. The average molecular weight is 386 g/mol. The molecule has 3 fully saturated rings. The zero-order chi connectivity index (χ0) is 19.3. The van der Waals surface area contributed by atoms with Crippen LogP contribution in [-0.2, 0) is 11.3 Å². The summed E-state index contributed by atoms with van der Waals surface area (Å²) in [6.07, 6.45) is 8.37. The summed E-state index contributed by atoms with van der Waals surface area (Å²) in [5.74, 6) is 0.329. The highest BCUT2D eigenvalue weighted by molar-refractivity contribution is 5.81. The summed E-state index contributed by atoms with van der Waals surface area (Å²) in [6, 6.07) is 5.66. The topological polar surface area (TPSA) is 74.6 Å². The van der Waals surface area contributed by atoms with E-state index in [0.29, 0.717) is 12.5 Å². The van der Waals surface area contributed by atoms with Crippen LogP contribution in [0.5, 0.6) is 0 Å². The average Bonchev–Trinajstić information content (AvgIpc) is 3.23. The van der Waals surface area contributed by atoms with Crippen molar-refractivity contribution in [2.45, 2.75) is 69.6 Å². The molecule has 0 spiro atoms. The van der Waals surface area contributed by atoms with Crippen molar-refractivity contribution in [3.05, 3.63) is 34.2 Å². The molecule has 2 aliphatic carbocycles. The molecule has 0 aromatic carbocycles. The summed E-state index contributed by atoms with van der Waals surface area (Å²) in [4.78, 5) is 28.3. The van der Waals surface area contributed by atoms with Crippen molar-refractivity contribution in [2.75, 3.05) is 13.2 Å². The third-order valence-electron chi connectivity index (χ3n) is 7.74. The fraction of sp³-hybridized carbons (Fsp3) is 0.727. The predicted molar refractivity (Wildman–Crippen MR) is 106 cm³/mol. The number of carbonyl (C=O) groups excluding carboxylic acids is 1. The van der Waals surface area contributed by atoms with Gasteiger partial charge in [-0.15, -0.1) is 0 Å². The molecule has 1 aromatic heterocycles. The Morgan fingerprint density at radius 1 is 1.14 bits per heavy atom. The molecular weight excluding hydrogens is 354 g/mol. The number of aliphatic hydroxyl groups is 1. The van der Waals surface area contributed by atoms with Crippen molar-refractivity contribution < 1.29 is 9.90 Å². The van der Waals surface area contributed by atoms with Crippen LogP contribution in [0, 0.1) is 17.8 Å². The number of pyridine rings is 1. The highest BCUT2D eigenvalue weighted by Gasteiger charge is 2.56. The van der Waals surface area contributed by atoms with Gasteiger partial charge in [0.1, 0.15) is 0 Å². The molecule has 6 heteroatoms. The summed E-state index contributed by atoms with van der Waals surface area (Å²) in [7, 11) is 0. The van der Waals surface area contributed by atoms with Gasteiger partial charge < -0.3 is 15.0 Å². The number of hydrogen-bond acceptors (Lipinski definition) is 4. The Labute approximate surface area is 165 Å². The summed E-state index contributed by atoms with van der Waals surface area (Å²) >= 11 is 0. The summed E-state index contributed by atoms with van der Waals surface area (Å²) in [5, 5.41) is 13.5. The third-order valence-corrected chi connectivity index (χ3v) is 7.74. The van der Waals surface area contributed by atoms with E-state index in [0.717, 1.165) is 25.1 Å². The van der Waals surface area contributed by atoms with Crippen LogP contribution in [0.25, 0.3) is 0 Å². The molecular formula is C22H31N3O3. The number of aliphatic hydroxyl groups excluding tert-OH is 1. The van der Waals surface area contributed by atoms with Crippen LogP contribution in [0.2, 0.25) is 0 Å². The van der Waals surface area contributed by atoms with E-state index in [-0.39, 0.29) is 48.0 Å². The van der Waals surface area contributed by atoms with Crippen molar-refractivity contribution in [1.29, 1.82) is 0 Å². The Morgan fingerprint density at radius 3 is 2.61 bits per heavy atom. The van der Waals surface area contributed by atoms with Crippen molar-refractivity contribution in [2.24, 2.45) is 17.8 Å². The second-order valence-corrected chi connectivity index (χ2v) is 9.27. The van der Waals surface area contributed by atoms with E-state index in [1.807, 2.05) is 16.7 Å². The molecule has 1 amide bonds. The van der Waals surface area contributed by atoms with Crippen LogP contribution < -0.4 is 10.9 Å². The molecule has 2 N–H and O–H groups in total. The molecule has 3 heterocycles. The van der Waals surface area contributed by atoms with Gasteiger partial charge in [0.05, 0.1) is 12.0 Å². The first-order valence-corrected chi connectivity index (χ1v) is 11.0. The zero-order valence-corrected chi connectivity index (χ0v) is 16.4. The van der Waals surface area contributed by atoms with Crippen molar-refractivity contribution >= 4 is 5.91 Å². The second-order valence-electron chi connectivity index (χ2n) is 9.27. The Kier molecular flexibility index (Phi) is 4.79. The molecule has 5 rings (SSSR count). The molecule has 4 aliphatic rings. The minimum atomic E-state index is -0.285. The smallest absolute Gasteiger partial charge is 0.250 e. The molecule has 6 nitrogen and oxygen atoms in total. The number of carbonyl (C=O) groups is 1. The molecule has 152 valence electrons. The molecule has 2 saturated carbocycles. The van der Waals surface area contributed by atoms with Gasteiger partial charge in [-0.1, -0.05) is 18.9 Å². The highest BCUT2D eigenvalue weighted by atomic mass is 16.3. The third kappa shape index (κ3) is 2.92. The largest absolute Gasteiger partial charge is 0.396 e. The molecule has 1 aromatic rings. The van der Waals surface area contributed by atoms with Crippen LogP contribution in [0.1, 0.15) is 56.7 Å². The SMILES string of the molecule is O=C(NC1CCC1)[C@@H]1[C@@H](CO)[C@@H]2Cn3c(cccc3=O)[C@H]1N2CC1CCCC1. The van der Waals surface area contributed by atoms with Gasteiger partial charge >= 0.3 is 0 Å². The van der Waals surface area contributed by atoms with Crippen LogP contribution >= 0.6 is 0 Å². The van der Waals surface area contributed by atoms with Crippen LogP contribution in [0.15, 0.2) is 23.0 Å². The maximum absolute atomic E-state index is 13.3. The van der Waals surface area contributed by atoms with Gasteiger partial charge in [-0.25, -0.2) is 0 Å². The number of nitrogens with zero attached hydrogens (tertiary/aromatic N) is 2. The normalized spacial score (nSPS) is 32.9. The Bertz CT molecular complexity index is 796. The molecule has 2 bridgehead atoms. The van der Waals surface area contributed by atoms with Crippen LogP contribution in [0.3, 0.4) is 0 Å². The van der Waals surface area contributed by atoms with Gasteiger partial charge in [-0.2, -0.15) is 0 Å². The van der Waals surface area contributed by atoms with Crippen LogP contribution in [-0.4, -0.2) is 45.7 Å². The number of amides is 1. The second kappa shape index (κ2) is 7.30. The van der Waals surface area contributed by atoms with Crippen LogP contribution in [0.4, 0.5) is 0 Å². The number of aromatic nitrogens is 1. The first kappa shape index (κ1) is 18.4. The van der Waals surface area contributed by atoms with Gasteiger partial charge in [0.2, 0.25) is 5.91 Å². The monoisotopic (exact) mass is 385 g/mol. The van der Waals surface area contributed by atoms with Gasteiger partial charge in [0.25, 0.3) is 5.56 Å². The minimum Gasteiger partial charge on any atom is -0.396 e. The first-order valence-electron chi connectivity index (χ1n) is 11.0. The van der Waals surface area contributed by atoms with Gasteiger partial charge in [0.15, 0.2) is 0 Å². The summed E-state index contributed by atoms with van der Waals surface area (Å²) in [6.45, 7) is 1.55. The van der Waals surface area contributed by atoms with E-state index < -0.39 is 0 Å². The lowest BCUT2D eigenvalue weighted by molar-refractivity contribution is -0.128. The number of rotatable bonds is 5. The van der Waals surface area contributed by atoms with Gasteiger partial charge in [-0.3, -0.25) is 14.5 Å². The Morgan fingerprint density at radius 2 is 1.93 bits per heavy atom. The predicted octanol–water partition coefficient (Wildman–Crippen LogP) is 1.67. The lowest BCUT2D eigenvalue weighted by atomic mass is 9.85. The Hall–Kier alpha value is -1.66. The van der Waals surface area contributed by atoms with E-state index in [1.54, 1.807) is 6.07 Å². The molecule has 0 radical (unpaired) electrons. The first-order chi connectivity index (χ1) is 13.7. The zero-order valence-electron chi connectivity index (χ0n) is 16.4. The quantitative estimate of drug-likeness (QED) is 0.809. The fourth-order valence-corrected chi connectivity index (χ4v) is 6.07. The lowest BCUT2D eigenvalue weighted by Gasteiger charge is -2.39. The van der Waals surface area contributed by atoms with E-state index in [2.05, 4.69) is 10.2 Å².